The fourth-order valence-electron chi connectivity index (χ4n) is 2.67. The lowest BCUT2D eigenvalue weighted by Crippen LogP contribution is -2.40. The molecule has 0 atom stereocenters. The van der Waals surface area contributed by atoms with Crippen molar-refractivity contribution < 1.29 is 4.79 Å². The zero-order valence-electron chi connectivity index (χ0n) is 12.0. The normalized spacial score (nSPS) is 15.8. The predicted octanol–water partition coefficient (Wildman–Crippen LogP) is 3.25. The summed E-state index contributed by atoms with van der Waals surface area (Å²) in [6.45, 7) is 4.80. The number of hydrogen-bond donors (Lipinski definition) is 1. The number of carbonyl (C=O) groups is 1. The quantitative estimate of drug-likeness (QED) is 0.896. The van der Waals surface area contributed by atoms with Gasteiger partial charge in [0, 0.05) is 23.1 Å². The number of hydrogen-bond acceptors (Lipinski definition) is 2. The van der Waals surface area contributed by atoms with Crippen LogP contribution in [-0.2, 0) is 0 Å². The third-order valence-electron chi connectivity index (χ3n) is 3.81. The summed E-state index contributed by atoms with van der Waals surface area (Å²) in [7, 11) is 1.99. The van der Waals surface area contributed by atoms with Gasteiger partial charge in [0.15, 0.2) is 0 Å². The molecule has 1 aliphatic heterocycles. The highest BCUT2D eigenvalue weighted by atomic mass is 79.9. The second-order valence-electron chi connectivity index (χ2n) is 5.25. The molecule has 0 spiro atoms. The van der Waals surface area contributed by atoms with Crippen LogP contribution in [-0.4, -0.2) is 37.5 Å². The number of rotatable bonds is 3. The van der Waals surface area contributed by atoms with Crippen LogP contribution in [0.15, 0.2) is 22.7 Å². The van der Waals surface area contributed by atoms with Crippen molar-refractivity contribution in [1.82, 2.24) is 10.2 Å². The van der Waals surface area contributed by atoms with Gasteiger partial charge < -0.3 is 10.2 Å². The smallest absolute Gasteiger partial charge is 0.254 e. The van der Waals surface area contributed by atoms with Gasteiger partial charge in [-0.25, -0.2) is 0 Å². The number of aryl methyl sites for hydroxylation is 1. The first-order valence-electron chi connectivity index (χ1n) is 6.82. The number of nitrogens with one attached hydrogen (secondary N) is 1. The maximum absolute atomic E-state index is 12.5. The van der Waals surface area contributed by atoms with Gasteiger partial charge in [-0.15, -0.1) is 12.4 Å². The van der Waals surface area contributed by atoms with Crippen LogP contribution in [0.1, 0.15) is 28.8 Å². The van der Waals surface area contributed by atoms with Gasteiger partial charge in [0.1, 0.15) is 0 Å². The maximum atomic E-state index is 12.5. The average molecular weight is 362 g/mol. The molecule has 1 aromatic rings. The molecule has 1 aromatic carbocycles. The number of likely N-dealkylation sites (tertiary alicyclic amines) is 1. The molecule has 1 N–H and O–H groups in total. The van der Waals surface area contributed by atoms with Gasteiger partial charge >= 0.3 is 0 Å². The zero-order chi connectivity index (χ0) is 13.8. The molecule has 5 heteroatoms. The molecule has 1 fully saturated rings. The molecule has 112 valence electrons. The maximum Gasteiger partial charge on any atom is 0.254 e. The van der Waals surface area contributed by atoms with Gasteiger partial charge in [0.2, 0.25) is 0 Å². The van der Waals surface area contributed by atoms with E-state index in [2.05, 4.69) is 21.2 Å². The summed E-state index contributed by atoms with van der Waals surface area (Å²) in [4.78, 5) is 14.5. The van der Waals surface area contributed by atoms with Gasteiger partial charge in [-0.1, -0.05) is 15.9 Å². The highest BCUT2D eigenvalue weighted by Gasteiger charge is 2.23. The molecule has 3 nitrogen and oxygen atoms in total. The van der Waals surface area contributed by atoms with Crippen LogP contribution in [0.5, 0.6) is 0 Å². The minimum absolute atomic E-state index is 0. The second kappa shape index (κ2) is 8.01. The van der Waals surface area contributed by atoms with Crippen LogP contribution in [0, 0.1) is 12.8 Å². The van der Waals surface area contributed by atoms with E-state index in [9.17, 15) is 4.79 Å². The number of benzene rings is 1. The van der Waals surface area contributed by atoms with Crippen molar-refractivity contribution in [3.63, 3.8) is 0 Å². The Morgan fingerprint density at radius 3 is 2.60 bits per heavy atom. The Morgan fingerprint density at radius 1 is 1.40 bits per heavy atom. The molecule has 1 saturated heterocycles. The third kappa shape index (κ3) is 4.21. The van der Waals surface area contributed by atoms with Crippen molar-refractivity contribution in [3.05, 3.63) is 33.8 Å². The number of carbonyl (C=O) groups excluding carboxylic acids is 1. The van der Waals surface area contributed by atoms with E-state index in [1.165, 1.54) is 0 Å². The summed E-state index contributed by atoms with van der Waals surface area (Å²) in [5.74, 6) is 0.882. The van der Waals surface area contributed by atoms with Crippen LogP contribution in [0.25, 0.3) is 0 Å². The van der Waals surface area contributed by atoms with E-state index < -0.39 is 0 Å². The monoisotopic (exact) mass is 360 g/mol. The molecule has 2 rings (SSSR count). The van der Waals surface area contributed by atoms with E-state index in [-0.39, 0.29) is 18.3 Å². The summed E-state index contributed by atoms with van der Waals surface area (Å²) in [5, 5.41) is 3.22. The topological polar surface area (TPSA) is 32.3 Å². The van der Waals surface area contributed by atoms with Crippen LogP contribution in [0.3, 0.4) is 0 Å². The summed E-state index contributed by atoms with van der Waals surface area (Å²) in [6, 6.07) is 5.86. The molecule has 0 saturated carbocycles. The van der Waals surface area contributed by atoms with Crippen LogP contribution in [0.4, 0.5) is 0 Å². The molecule has 0 aliphatic carbocycles. The summed E-state index contributed by atoms with van der Waals surface area (Å²) < 4.78 is 1.02. The number of nitrogens with zero attached hydrogens (tertiary/aromatic N) is 1. The first kappa shape index (κ1) is 17.5. The lowest BCUT2D eigenvalue weighted by Gasteiger charge is -2.32. The van der Waals surface area contributed by atoms with E-state index in [0.717, 1.165) is 48.1 Å². The number of halogens is 2. The molecule has 0 bridgehead atoms. The van der Waals surface area contributed by atoms with Crippen LogP contribution < -0.4 is 5.32 Å². The first-order valence-corrected chi connectivity index (χ1v) is 7.61. The Hall–Kier alpha value is -0.580. The molecular weight excluding hydrogens is 340 g/mol. The summed E-state index contributed by atoms with van der Waals surface area (Å²) in [5.41, 5.74) is 1.87. The minimum atomic E-state index is 0. The minimum Gasteiger partial charge on any atom is -0.339 e. The second-order valence-corrected chi connectivity index (χ2v) is 6.17. The van der Waals surface area contributed by atoms with Crippen molar-refractivity contribution in [2.45, 2.75) is 19.8 Å². The molecule has 0 radical (unpaired) electrons. The van der Waals surface area contributed by atoms with Gasteiger partial charge in [0.05, 0.1) is 0 Å². The predicted molar refractivity (Wildman–Crippen MR) is 88.7 cm³/mol. The summed E-state index contributed by atoms with van der Waals surface area (Å²) >= 11 is 3.43. The van der Waals surface area contributed by atoms with Crippen molar-refractivity contribution in [2.75, 3.05) is 26.7 Å². The highest BCUT2D eigenvalue weighted by molar-refractivity contribution is 9.10. The SMILES string of the molecule is CNCC1CCN(C(=O)c2ccc(Br)cc2C)CC1.Cl. The Kier molecular flexibility index (Phi) is 7.00. The largest absolute Gasteiger partial charge is 0.339 e. The Morgan fingerprint density at radius 2 is 2.05 bits per heavy atom. The Balaban J connectivity index is 0.00000200. The van der Waals surface area contributed by atoms with E-state index in [0.29, 0.717) is 5.92 Å². The van der Waals surface area contributed by atoms with E-state index in [1.54, 1.807) is 0 Å². The van der Waals surface area contributed by atoms with Gasteiger partial charge in [-0.2, -0.15) is 0 Å². The van der Waals surface area contributed by atoms with Crippen LogP contribution in [0.2, 0.25) is 0 Å². The molecule has 1 aliphatic rings. The standard InChI is InChI=1S/C15H21BrN2O.ClH/c1-11-9-13(16)3-4-14(11)15(19)18-7-5-12(6-8-18)10-17-2;/h3-4,9,12,17H,5-8,10H2,1-2H3;1H. The molecular formula is C15H22BrClN2O. The third-order valence-corrected chi connectivity index (χ3v) is 4.31. The van der Waals surface area contributed by atoms with Gasteiger partial charge in [0.25, 0.3) is 5.91 Å². The molecule has 1 heterocycles. The lowest BCUT2D eigenvalue weighted by atomic mass is 9.96. The van der Waals surface area contributed by atoms with Crippen molar-refractivity contribution >= 4 is 34.2 Å². The number of piperidine rings is 1. The van der Waals surface area contributed by atoms with Crippen LogP contribution >= 0.6 is 28.3 Å². The molecule has 1 amide bonds. The highest BCUT2D eigenvalue weighted by Crippen LogP contribution is 2.21. The Bertz CT molecular complexity index is 459. The van der Waals surface area contributed by atoms with E-state index in [4.69, 9.17) is 0 Å². The van der Waals surface area contributed by atoms with E-state index >= 15 is 0 Å². The fraction of sp³-hybridized carbons (Fsp3) is 0.533. The number of amides is 1. The average Bonchev–Trinajstić information content (AvgIpc) is 2.39. The Labute approximate surface area is 135 Å². The lowest BCUT2D eigenvalue weighted by molar-refractivity contribution is 0.0690. The summed E-state index contributed by atoms with van der Waals surface area (Å²) in [6.07, 6.45) is 2.20. The molecule has 0 aromatic heterocycles. The van der Waals surface area contributed by atoms with Gasteiger partial charge in [-0.3, -0.25) is 4.79 Å². The molecule has 20 heavy (non-hydrogen) atoms. The fourth-order valence-corrected chi connectivity index (χ4v) is 3.14. The molecule has 0 unspecified atom stereocenters. The van der Waals surface area contributed by atoms with Crippen molar-refractivity contribution in [2.24, 2.45) is 5.92 Å². The van der Waals surface area contributed by atoms with Gasteiger partial charge in [-0.05, 0) is 63.0 Å². The first-order chi connectivity index (χ1) is 9.11. The van der Waals surface area contributed by atoms with Crippen molar-refractivity contribution in [1.29, 1.82) is 0 Å². The zero-order valence-corrected chi connectivity index (χ0v) is 14.4. The van der Waals surface area contributed by atoms with Crippen molar-refractivity contribution in [3.8, 4) is 0 Å². The van der Waals surface area contributed by atoms with E-state index in [1.807, 2.05) is 37.1 Å².